The molecule has 2 rings (SSSR count). The number of nitrogens with zero attached hydrogens (tertiary/aromatic N) is 2. The van der Waals surface area contributed by atoms with Crippen LogP contribution in [0, 0.1) is 5.92 Å². The van der Waals surface area contributed by atoms with Crippen molar-refractivity contribution in [3.05, 3.63) is 18.3 Å². The molecule has 0 aromatic carbocycles. The van der Waals surface area contributed by atoms with Crippen molar-refractivity contribution in [2.45, 2.75) is 19.8 Å². The van der Waals surface area contributed by atoms with Gasteiger partial charge in [-0.2, -0.15) is 0 Å². The third-order valence-electron chi connectivity index (χ3n) is 3.23. The highest BCUT2D eigenvalue weighted by Crippen LogP contribution is 2.14. The molecule has 1 atom stereocenters. The van der Waals surface area contributed by atoms with Crippen molar-refractivity contribution in [1.29, 1.82) is 0 Å². The van der Waals surface area contributed by atoms with Gasteiger partial charge in [-0.1, -0.05) is 6.92 Å². The second-order valence-corrected chi connectivity index (χ2v) is 4.94. The molecule has 2 heterocycles. The van der Waals surface area contributed by atoms with Crippen molar-refractivity contribution in [1.82, 2.24) is 9.88 Å². The Morgan fingerprint density at radius 1 is 1.47 bits per heavy atom. The third kappa shape index (κ3) is 3.60. The lowest BCUT2D eigenvalue weighted by molar-refractivity contribution is 0.294. The average Bonchev–Trinajstić information content (AvgIpc) is 2.81. The van der Waals surface area contributed by atoms with Crippen molar-refractivity contribution in [3.63, 3.8) is 0 Å². The van der Waals surface area contributed by atoms with Crippen LogP contribution in [-0.2, 0) is 0 Å². The van der Waals surface area contributed by atoms with E-state index in [0.717, 1.165) is 18.1 Å². The Balaban J connectivity index is 1.75. The second kappa shape index (κ2) is 5.87. The van der Waals surface area contributed by atoms with Crippen LogP contribution in [0.1, 0.15) is 19.8 Å². The fourth-order valence-corrected chi connectivity index (χ4v) is 2.31. The Morgan fingerprint density at radius 2 is 2.24 bits per heavy atom. The summed E-state index contributed by atoms with van der Waals surface area (Å²) in [5.74, 6) is 1.43. The van der Waals surface area contributed by atoms with Crippen LogP contribution in [0.4, 0.5) is 11.5 Å². The molecule has 17 heavy (non-hydrogen) atoms. The van der Waals surface area contributed by atoms with Gasteiger partial charge in [-0.3, -0.25) is 0 Å². The predicted octanol–water partition coefficient (Wildman–Crippen LogP) is 1.81. The number of pyridine rings is 1. The highest BCUT2D eigenvalue weighted by molar-refractivity contribution is 5.60. The van der Waals surface area contributed by atoms with Crippen LogP contribution in [0.5, 0.6) is 0 Å². The Kier molecular flexibility index (Phi) is 4.20. The van der Waals surface area contributed by atoms with Gasteiger partial charge in [0, 0.05) is 19.3 Å². The van der Waals surface area contributed by atoms with Crippen LogP contribution in [0.25, 0.3) is 0 Å². The number of aromatic nitrogens is 1. The summed E-state index contributed by atoms with van der Waals surface area (Å²) in [6.45, 7) is 6.88. The smallest absolute Gasteiger partial charge is 0.149 e. The van der Waals surface area contributed by atoms with Crippen LogP contribution in [-0.4, -0.2) is 36.1 Å². The third-order valence-corrected chi connectivity index (χ3v) is 3.23. The molecule has 1 aliphatic heterocycles. The number of hydrogen-bond donors (Lipinski definition) is 2. The fourth-order valence-electron chi connectivity index (χ4n) is 2.31. The van der Waals surface area contributed by atoms with Gasteiger partial charge in [-0.25, -0.2) is 4.98 Å². The van der Waals surface area contributed by atoms with Crippen molar-refractivity contribution in [2.24, 2.45) is 5.92 Å². The molecule has 3 N–H and O–H groups in total. The van der Waals surface area contributed by atoms with E-state index in [1.165, 1.54) is 32.5 Å². The van der Waals surface area contributed by atoms with Gasteiger partial charge in [0.05, 0.1) is 5.69 Å². The summed E-state index contributed by atoms with van der Waals surface area (Å²) in [6.07, 6.45) is 4.48. The van der Waals surface area contributed by atoms with Crippen molar-refractivity contribution in [3.8, 4) is 0 Å². The van der Waals surface area contributed by atoms with E-state index in [4.69, 9.17) is 5.73 Å². The molecule has 94 valence electrons. The monoisotopic (exact) mass is 234 g/mol. The molecule has 1 fully saturated rings. The van der Waals surface area contributed by atoms with Gasteiger partial charge in [0.1, 0.15) is 5.82 Å². The number of nitrogens with two attached hydrogens (primary N) is 1. The molecule has 0 bridgehead atoms. The van der Waals surface area contributed by atoms with Crippen LogP contribution in [0.2, 0.25) is 0 Å². The van der Waals surface area contributed by atoms with Crippen LogP contribution in [0.15, 0.2) is 18.3 Å². The average molecular weight is 234 g/mol. The number of hydrogen-bond acceptors (Lipinski definition) is 4. The van der Waals surface area contributed by atoms with Crippen LogP contribution in [0.3, 0.4) is 0 Å². The van der Waals surface area contributed by atoms with Gasteiger partial charge in [0.15, 0.2) is 0 Å². The minimum Gasteiger partial charge on any atom is -0.396 e. The number of anilines is 2. The molecule has 1 aliphatic rings. The number of likely N-dealkylation sites (tertiary alicyclic amines) is 1. The lowest BCUT2D eigenvalue weighted by Crippen LogP contribution is -2.29. The summed E-state index contributed by atoms with van der Waals surface area (Å²) < 4.78 is 0. The van der Waals surface area contributed by atoms with Crippen LogP contribution < -0.4 is 11.1 Å². The molecule has 0 aliphatic carbocycles. The minimum atomic E-state index is 0.620. The Morgan fingerprint density at radius 3 is 2.94 bits per heavy atom. The summed E-state index contributed by atoms with van der Waals surface area (Å²) in [5.41, 5.74) is 6.56. The maximum Gasteiger partial charge on any atom is 0.149 e. The van der Waals surface area contributed by atoms with E-state index in [1.807, 2.05) is 12.1 Å². The molecule has 0 amide bonds. The minimum absolute atomic E-state index is 0.620. The standard InChI is InChI=1S/C13H22N4/c1-11(10-17-7-2-3-8-17)9-16-13-12(14)5-4-6-15-13/h4-6,11H,2-3,7-10,14H2,1H3,(H,15,16). The van der Waals surface area contributed by atoms with Crippen molar-refractivity contribution >= 4 is 11.5 Å². The van der Waals surface area contributed by atoms with E-state index in [-0.39, 0.29) is 0 Å². The molecule has 1 unspecified atom stereocenters. The zero-order valence-electron chi connectivity index (χ0n) is 10.5. The molecular weight excluding hydrogens is 212 g/mol. The molecule has 4 heteroatoms. The molecule has 0 saturated carbocycles. The van der Waals surface area contributed by atoms with E-state index in [9.17, 15) is 0 Å². The van der Waals surface area contributed by atoms with Gasteiger partial charge in [0.2, 0.25) is 0 Å². The Labute approximate surface area is 103 Å². The number of nitrogen functional groups attached to an aromatic ring is 1. The summed E-state index contributed by atoms with van der Waals surface area (Å²) in [5, 5.41) is 3.32. The number of nitrogens with one attached hydrogen (secondary N) is 1. The lowest BCUT2D eigenvalue weighted by atomic mass is 10.1. The molecule has 0 radical (unpaired) electrons. The highest BCUT2D eigenvalue weighted by Gasteiger charge is 2.14. The van der Waals surface area contributed by atoms with Crippen molar-refractivity contribution < 1.29 is 0 Å². The molecular formula is C13H22N4. The van der Waals surface area contributed by atoms with Gasteiger partial charge in [0.25, 0.3) is 0 Å². The van der Waals surface area contributed by atoms with E-state index in [2.05, 4.69) is 22.1 Å². The summed E-state index contributed by atoms with van der Waals surface area (Å²) in [4.78, 5) is 6.77. The topological polar surface area (TPSA) is 54.2 Å². The van der Waals surface area contributed by atoms with Gasteiger partial charge < -0.3 is 16.0 Å². The maximum absolute atomic E-state index is 5.83. The molecule has 4 nitrogen and oxygen atoms in total. The lowest BCUT2D eigenvalue weighted by Gasteiger charge is -2.20. The maximum atomic E-state index is 5.83. The quantitative estimate of drug-likeness (QED) is 0.816. The molecule has 1 saturated heterocycles. The zero-order valence-corrected chi connectivity index (χ0v) is 10.5. The summed E-state index contributed by atoms with van der Waals surface area (Å²) in [7, 11) is 0. The molecule has 1 aromatic rings. The first-order valence-corrected chi connectivity index (χ1v) is 6.42. The van der Waals surface area contributed by atoms with E-state index in [0.29, 0.717) is 5.92 Å². The van der Waals surface area contributed by atoms with Crippen molar-refractivity contribution in [2.75, 3.05) is 37.2 Å². The number of rotatable bonds is 5. The largest absolute Gasteiger partial charge is 0.396 e. The summed E-state index contributed by atoms with van der Waals surface area (Å²) in [6, 6.07) is 3.73. The Bertz CT molecular complexity index is 347. The first-order valence-electron chi connectivity index (χ1n) is 6.42. The van der Waals surface area contributed by atoms with E-state index >= 15 is 0 Å². The first-order chi connectivity index (χ1) is 8.25. The van der Waals surface area contributed by atoms with E-state index in [1.54, 1.807) is 6.20 Å². The SMILES string of the molecule is CC(CNc1ncccc1N)CN1CCCC1. The van der Waals surface area contributed by atoms with Gasteiger partial charge >= 0.3 is 0 Å². The van der Waals surface area contributed by atoms with Crippen LogP contribution >= 0.6 is 0 Å². The fraction of sp³-hybridized carbons (Fsp3) is 0.615. The van der Waals surface area contributed by atoms with E-state index < -0.39 is 0 Å². The Hall–Kier alpha value is -1.29. The molecule has 0 spiro atoms. The predicted molar refractivity (Wildman–Crippen MR) is 72.0 cm³/mol. The summed E-state index contributed by atoms with van der Waals surface area (Å²) >= 11 is 0. The zero-order chi connectivity index (χ0) is 12.1. The normalized spacial score (nSPS) is 18.2. The first kappa shape index (κ1) is 12.2. The van der Waals surface area contributed by atoms with Gasteiger partial charge in [-0.15, -0.1) is 0 Å². The van der Waals surface area contributed by atoms with Gasteiger partial charge in [-0.05, 0) is 44.0 Å². The highest BCUT2D eigenvalue weighted by atomic mass is 15.1. The second-order valence-electron chi connectivity index (χ2n) is 4.94. The molecule has 1 aromatic heterocycles.